The maximum absolute atomic E-state index is 11.5. The van der Waals surface area contributed by atoms with Crippen LogP contribution in [0.2, 0.25) is 5.02 Å². The number of aromatic nitrogens is 2. The Balaban J connectivity index is 1.36. The molecule has 1 amide bonds. The van der Waals surface area contributed by atoms with Crippen LogP contribution in [0.5, 0.6) is 5.75 Å². The molecule has 3 heterocycles. The molecular formula is C19H23ClN4O3. The molecule has 2 aromatic rings. The minimum absolute atomic E-state index is 0.0474. The van der Waals surface area contributed by atoms with Gasteiger partial charge in [0.1, 0.15) is 18.0 Å². The van der Waals surface area contributed by atoms with Crippen molar-refractivity contribution in [2.75, 3.05) is 18.4 Å². The largest absolute Gasteiger partial charge is 0.488 e. The lowest BCUT2D eigenvalue weighted by Gasteiger charge is -2.35. The summed E-state index contributed by atoms with van der Waals surface area (Å²) in [4.78, 5) is 13.6. The first-order valence-electron chi connectivity index (χ1n) is 9.19. The Labute approximate surface area is 162 Å². The minimum Gasteiger partial charge on any atom is -0.488 e. The number of halogens is 1. The molecule has 0 aliphatic carbocycles. The van der Waals surface area contributed by atoms with Gasteiger partial charge in [0, 0.05) is 31.7 Å². The third kappa shape index (κ3) is 3.95. The van der Waals surface area contributed by atoms with Gasteiger partial charge in [-0.3, -0.25) is 14.8 Å². The Bertz CT molecular complexity index is 853. The Kier molecular flexibility index (Phi) is 5.08. The highest BCUT2D eigenvalue weighted by Gasteiger charge is 2.30. The second-order valence-corrected chi connectivity index (χ2v) is 7.60. The third-order valence-electron chi connectivity index (χ3n) is 5.18. The summed E-state index contributed by atoms with van der Waals surface area (Å²) in [6.45, 7) is 3.79. The van der Waals surface area contributed by atoms with Crippen molar-refractivity contribution in [2.24, 2.45) is 0 Å². The van der Waals surface area contributed by atoms with Gasteiger partial charge in [0.05, 0.1) is 16.4 Å². The van der Waals surface area contributed by atoms with Crippen LogP contribution in [0.25, 0.3) is 0 Å². The van der Waals surface area contributed by atoms with Gasteiger partial charge in [-0.2, -0.15) is 5.10 Å². The van der Waals surface area contributed by atoms with Crippen molar-refractivity contribution in [1.29, 1.82) is 0 Å². The minimum atomic E-state index is -0.590. The first-order valence-corrected chi connectivity index (χ1v) is 9.56. The predicted octanol–water partition coefficient (Wildman–Crippen LogP) is 2.27. The topological polar surface area (TPSA) is 90.5 Å². The van der Waals surface area contributed by atoms with Crippen molar-refractivity contribution in [1.82, 2.24) is 15.1 Å². The summed E-state index contributed by atoms with van der Waals surface area (Å²) in [6.07, 6.45) is 1.08. The SMILES string of the molecule is Cc1[nH]nc(CN2CC[C@@H](Oc3ccc4c(c3)CCC(=O)N4)[C@H](O)C2)c1Cl. The van der Waals surface area contributed by atoms with E-state index in [-0.39, 0.29) is 12.0 Å². The number of ether oxygens (including phenoxy) is 1. The molecule has 1 fully saturated rings. The number of amides is 1. The predicted molar refractivity (Wildman–Crippen MR) is 102 cm³/mol. The van der Waals surface area contributed by atoms with Crippen molar-refractivity contribution in [3.63, 3.8) is 0 Å². The van der Waals surface area contributed by atoms with Crippen molar-refractivity contribution >= 4 is 23.2 Å². The fraction of sp³-hybridized carbons (Fsp3) is 0.474. The van der Waals surface area contributed by atoms with Gasteiger partial charge in [0.25, 0.3) is 0 Å². The molecule has 4 rings (SSSR count). The average molecular weight is 391 g/mol. The Hall–Kier alpha value is -2.09. The molecule has 1 aromatic heterocycles. The van der Waals surface area contributed by atoms with Gasteiger partial charge in [-0.15, -0.1) is 0 Å². The van der Waals surface area contributed by atoms with Gasteiger partial charge in [0.2, 0.25) is 5.91 Å². The van der Waals surface area contributed by atoms with E-state index < -0.39 is 6.10 Å². The summed E-state index contributed by atoms with van der Waals surface area (Å²) in [5, 5.41) is 21.2. The van der Waals surface area contributed by atoms with Crippen molar-refractivity contribution in [2.45, 2.75) is 44.9 Å². The van der Waals surface area contributed by atoms with Crippen molar-refractivity contribution < 1.29 is 14.6 Å². The van der Waals surface area contributed by atoms with Gasteiger partial charge in [0.15, 0.2) is 0 Å². The van der Waals surface area contributed by atoms with E-state index in [1.807, 2.05) is 25.1 Å². The number of carbonyl (C=O) groups is 1. The van der Waals surface area contributed by atoms with Gasteiger partial charge < -0.3 is 15.2 Å². The number of carbonyl (C=O) groups excluding carboxylic acids is 1. The molecule has 0 radical (unpaired) electrons. The van der Waals surface area contributed by atoms with Crippen LogP contribution in [0.15, 0.2) is 18.2 Å². The number of aliphatic hydroxyl groups is 1. The molecule has 0 spiro atoms. The molecule has 0 saturated carbocycles. The summed E-state index contributed by atoms with van der Waals surface area (Å²) >= 11 is 6.23. The van der Waals surface area contributed by atoms with Crippen LogP contribution in [0.3, 0.4) is 0 Å². The molecule has 7 nitrogen and oxygen atoms in total. The summed E-state index contributed by atoms with van der Waals surface area (Å²) < 4.78 is 6.05. The van der Waals surface area contributed by atoms with Gasteiger partial charge >= 0.3 is 0 Å². The van der Waals surface area contributed by atoms with E-state index in [2.05, 4.69) is 20.4 Å². The molecule has 1 saturated heterocycles. The van der Waals surface area contributed by atoms with Crippen LogP contribution in [-0.4, -0.2) is 51.4 Å². The van der Waals surface area contributed by atoms with Crippen molar-refractivity contribution in [3.05, 3.63) is 40.2 Å². The number of H-pyrrole nitrogens is 1. The van der Waals surface area contributed by atoms with Gasteiger partial charge in [-0.05, 0) is 43.5 Å². The maximum Gasteiger partial charge on any atom is 0.224 e. The van der Waals surface area contributed by atoms with Crippen LogP contribution in [0.1, 0.15) is 29.8 Å². The highest BCUT2D eigenvalue weighted by molar-refractivity contribution is 6.31. The molecule has 8 heteroatoms. The number of piperidine rings is 1. The van der Waals surface area contributed by atoms with Gasteiger partial charge in [-0.25, -0.2) is 0 Å². The fourth-order valence-electron chi connectivity index (χ4n) is 3.65. The second kappa shape index (κ2) is 7.50. The standard InChI is InChI=1S/C19H23ClN4O3/c1-11-19(20)15(23-22-11)9-24-7-6-17(16(25)10-24)27-13-3-4-14-12(8-13)2-5-18(26)21-14/h3-4,8,16-17,25H,2,5-7,9-10H2,1H3,(H,21,26)(H,22,23)/t16-,17-/m1/s1. The summed E-state index contributed by atoms with van der Waals surface area (Å²) in [6, 6.07) is 5.67. The summed E-state index contributed by atoms with van der Waals surface area (Å²) in [7, 11) is 0. The number of aliphatic hydroxyl groups excluding tert-OH is 1. The van der Waals surface area contributed by atoms with E-state index in [1.54, 1.807) is 0 Å². The van der Waals surface area contributed by atoms with Crippen LogP contribution >= 0.6 is 11.6 Å². The number of likely N-dealkylation sites (tertiary alicyclic amines) is 1. The molecule has 3 N–H and O–H groups in total. The lowest BCUT2D eigenvalue weighted by molar-refractivity contribution is -0.116. The van der Waals surface area contributed by atoms with Crippen LogP contribution < -0.4 is 10.1 Å². The number of aryl methyl sites for hydroxylation is 2. The highest BCUT2D eigenvalue weighted by atomic mass is 35.5. The number of anilines is 1. The van der Waals surface area contributed by atoms with Crippen LogP contribution in [0, 0.1) is 6.92 Å². The molecule has 0 unspecified atom stereocenters. The monoisotopic (exact) mass is 390 g/mol. The zero-order valence-electron chi connectivity index (χ0n) is 15.2. The molecule has 144 valence electrons. The zero-order chi connectivity index (χ0) is 19.0. The first-order chi connectivity index (χ1) is 13.0. The first kappa shape index (κ1) is 18.3. The Morgan fingerprint density at radius 2 is 2.26 bits per heavy atom. The molecule has 27 heavy (non-hydrogen) atoms. The van der Waals surface area contributed by atoms with E-state index in [4.69, 9.17) is 16.3 Å². The normalized spacial score (nSPS) is 23.0. The van der Waals surface area contributed by atoms with Crippen molar-refractivity contribution in [3.8, 4) is 5.75 Å². The van der Waals surface area contributed by atoms with E-state index in [0.29, 0.717) is 31.0 Å². The van der Waals surface area contributed by atoms with Crippen LogP contribution in [0.4, 0.5) is 5.69 Å². The smallest absolute Gasteiger partial charge is 0.224 e. The number of nitrogens with zero attached hydrogens (tertiary/aromatic N) is 2. The molecule has 2 atom stereocenters. The molecule has 1 aromatic carbocycles. The van der Waals surface area contributed by atoms with E-state index in [9.17, 15) is 9.90 Å². The molecular weight excluding hydrogens is 368 g/mol. The molecule has 2 aliphatic rings. The number of hydrogen-bond acceptors (Lipinski definition) is 5. The molecule has 2 aliphatic heterocycles. The van der Waals surface area contributed by atoms with Gasteiger partial charge in [-0.1, -0.05) is 11.6 Å². The Morgan fingerprint density at radius 3 is 3.00 bits per heavy atom. The van der Waals surface area contributed by atoms with E-state index in [1.165, 1.54) is 0 Å². The lowest BCUT2D eigenvalue weighted by atomic mass is 10.0. The number of aromatic amines is 1. The number of hydrogen-bond donors (Lipinski definition) is 3. The number of benzene rings is 1. The summed E-state index contributed by atoms with van der Waals surface area (Å²) in [5.74, 6) is 0.777. The van der Waals surface area contributed by atoms with Crippen LogP contribution in [-0.2, 0) is 17.8 Å². The van der Waals surface area contributed by atoms with E-state index >= 15 is 0 Å². The zero-order valence-corrected chi connectivity index (χ0v) is 15.9. The lowest BCUT2D eigenvalue weighted by Crippen LogP contribution is -2.48. The highest BCUT2D eigenvalue weighted by Crippen LogP contribution is 2.29. The second-order valence-electron chi connectivity index (χ2n) is 7.22. The number of nitrogens with one attached hydrogen (secondary N) is 2. The third-order valence-corrected chi connectivity index (χ3v) is 5.68. The number of β-amino-alcohol motifs (C(OH)–C–C–N with tert-alkyl or cyclic N) is 1. The van der Waals surface area contributed by atoms with E-state index in [0.717, 1.165) is 41.4 Å². The summed E-state index contributed by atoms with van der Waals surface area (Å²) in [5.41, 5.74) is 3.58. The molecule has 0 bridgehead atoms. The quantitative estimate of drug-likeness (QED) is 0.745. The average Bonchev–Trinajstić information content (AvgIpc) is 2.96. The number of fused-ring (bicyclic) bond motifs is 1. The Morgan fingerprint density at radius 1 is 1.41 bits per heavy atom. The maximum atomic E-state index is 11.5. The number of rotatable bonds is 4. The fourth-order valence-corrected chi connectivity index (χ4v) is 3.79.